The summed E-state index contributed by atoms with van der Waals surface area (Å²) in [7, 11) is 0. The molecule has 1 atom stereocenters. The molecule has 3 aliphatic rings. The molecule has 0 aromatic heterocycles. The van der Waals surface area contributed by atoms with Gasteiger partial charge in [-0.25, -0.2) is 4.39 Å². The third-order valence-corrected chi connectivity index (χ3v) is 6.01. The van der Waals surface area contributed by atoms with E-state index in [0.717, 1.165) is 30.9 Å². The molecule has 2 aromatic carbocycles. The Hall–Kier alpha value is -2.60. The first-order valence-corrected chi connectivity index (χ1v) is 10.0. The number of ether oxygens (including phenoxy) is 1. The van der Waals surface area contributed by atoms with Crippen molar-refractivity contribution in [3.63, 3.8) is 0 Å². The van der Waals surface area contributed by atoms with Gasteiger partial charge in [0, 0.05) is 17.6 Å². The molecule has 3 aliphatic carbocycles. The molecule has 29 heavy (non-hydrogen) atoms. The number of carbonyl (C=O) groups is 2. The van der Waals surface area contributed by atoms with E-state index in [1.54, 1.807) is 0 Å². The Morgan fingerprint density at radius 2 is 1.86 bits per heavy atom. The molecular weight excluding hydrogens is 395 g/mol. The van der Waals surface area contributed by atoms with Crippen molar-refractivity contribution in [3.8, 4) is 5.75 Å². The lowest BCUT2D eigenvalue weighted by Gasteiger charge is -2.39. The lowest BCUT2D eigenvalue weighted by atomic mass is 9.76. The van der Waals surface area contributed by atoms with Gasteiger partial charge in [0.2, 0.25) is 5.91 Å². The van der Waals surface area contributed by atoms with Gasteiger partial charge in [-0.05, 0) is 42.9 Å². The van der Waals surface area contributed by atoms with Crippen molar-refractivity contribution in [2.45, 2.75) is 37.3 Å². The van der Waals surface area contributed by atoms with E-state index in [-0.39, 0.29) is 40.8 Å². The van der Waals surface area contributed by atoms with E-state index in [1.807, 2.05) is 30.3 Å². The number of halogens is 2. The molecule has 0 radical (unpaired) electrons. The number of carbonyl (C=O) groups excluding carboxylic acids is 2. The van der Waals surface area contributed by atoms with E-state index in [2.05, 4.69) is 10.6 Å². The molecule has 3 fully saturated rings. The van der Waals surface area contributed by atoms with Gasteiger partial charge in [0.15, 0.2) is 6.61 Å². The van der Waals surface area contributed by atoms with Crippen LogP contribution in [-0.2, 0) is 16.0 Å². The zero-order valence-corrected chi connectivity index (χ0v) is 16.5. The average molecular weight is 417 g/mol. The van der Waals surface area contributed by atoms with Crippen LogP contribution in [0, 0.1) is 11.7 Å². The average Bonchev–Trinajstić information content (AvgIpc) is 3.16. The van der Waals surface area contributed by atoms with Crippen molar-refractivity contribution < 1.29 is 18.7 Å². The second-order valence-electron chi connectivity index (χ2n) is 7.90. The Morgan fingerprint density at radius 1 is 1.10 bits per heavy atom. The van der Waals surface area contributed by atoms with Crippen molar-refractivity contribution in [1.29, 1.82) is 0 Å². The van der Waals surface area contributed by atoms with Crippen molar-refractivity contribution in [2.75, 3.05) is 6.61 Å². The van der Waals surface area contributed by atoms with E-state index in [0.29, 0.717) is 12.3 Å². The minimum absolute atomic E-state index is 0.00308. The molecule has 0 spiro atoms. The third kappa shape index (κ3) is 4.53. The first-order chi connectivity index (χ1) is 13.9. The molecule has 2 bridgehead atoms. The normalized spacial score (nSPS) is 24.5. The summed E-state index contributed by atoms with van der Waals surface area (Å²) in [4.78, 5) is 24.6. The molecule has 0 saturated heterocycles. The SMILES string of the molecule is O=C(Cc1ccccc1)N[C@H]1CC2(NC(=O)COc3ccc(Cl)c(F)c3)CC1C2. The highest BCUT2D eigenvalue weighted by Gasteiger charge is 2.57. The summed E-state index contributed by atoms with van der Waals surface area (Å²) in [5.41, 5.74) is 0.704. The Morgan fingerprint density at radius 3 is 2.59 bits per heavy atom. The fourth-order valence-corrected chi connectivity index (χ4v) is 4.51. The number of fused-ring (bicyclic) bond motifs is 1. The highest BCUT2D eigenvalue weighted by molar-refractivity contribution is 6.30. The van der Waals surface area contributed by atoms with E-state index in [1.165, 1.54) is 12.1 Å². The molecule has 2 N–H and O–H groups in total. The summed E-state index contributed by atoms with van der Waals surface area (Å²) in [6, 6.07) is 13.8. The maximum Gasteiger partial charge on any atom is 0.258 e. The van der Waals surface area contributed by atoms with Gasteiger partial charge < -0.3 is 15.4 Å². The standard InChI is InChI=1S/C22H22ClFN2O3/c23-17-7-6-16(9-18(17)24)29-13-21(28)26-22-10-15(11-22)19(12-22)25-20(27)8-14-4-2-1-3-5-14/h1-7,9,15,19H,8,10-13H2,(H,25,27)(H,26,28)/t15?,19-,22?/m0/s1. The largest absolute Gasteiger partial charge is 0.484 e. The van der Waals surface area contributed by atoms with Crippen LogP contribution in [0.25, 0.3) is 0 Å². The van der Waals surface area contributed by atoms with Crippen LogP contribution in [0.4, 0.5) is 4.39 Å². The topological polar surface area (TPSA) is 67.4 Å². The number of rotatable bonds is 7. The molecule has 0 unspecified atom stereocenters. The van der Waals surface area contributed by atoms with Crippen LogP contribution in [0.1, 0.15) is 24.8 Å². The Labute approximate surface area is 173 Å². The number of hydrogen-bond donors (Lipinski definition) is 2. The van der Waals surface area contributed by atoms with Crippen molar-refractivity contribution >= 4 is 23.4 Å². The second-order valence-corrected chi connectivity index (χ2v) is 8.31. The third-order valence-electron chi connectivity index (χ3n) is 5.71. The smallest absolute Gasteiger partial charge is 0.258 e. The minimum Gasteiger partial charge on any atom is -0.484 e. The molecule has 5 nitrogen and oxygen atoms in total. The van der Waals surface area contributed by atoms with Crippen molar-refractivity contribution in [3.05, 3.63) is 64.9 Å². The number of amides is 2. The maximum absolute atomic E-state index is 13.4. The van der Waals surface area contributed by atoms with Gasteiger partial charge in [0.1, 0.15) is 11.6 Å². The van der Waals surface area contributed by atoms with Crippen LogP contribution in [0.15, 0.2) is 48.5 Å². The van der Waals surface area contributed by atoms with Crippen LogP contribution in [-0.4, -0.2) is 30.0 Å². The van der Waals surface area contributed by atoms with Gasteiger partial charge in [-0.15, -0.1) is 0 Å². The van der Waals surface area contributed by atoms with E-state index in [4.69, 9.17) is 16.3 Å². The van der Waals surface area contributed by atoms with E-state index >= 15 is 0 Å². The number of nitrogens with one attached hydrogen (secondary N) is 2. The first kappa shape index (κ1) is 19.7. The highest BCUT2D eigenvalue weighted by atomic mass is 35.5. The van der Waals surface area contributed by atoms with Crippen LogP contribution < -0.4 is 15.4 Å². The second kappa shape index (κ2) is 8.03. The predicted octanol–water partition coefficient (Wildman–Crippen LogP) is 3.25. The summed E-state index contributed by atoms with van der Waals surface area (Å²) in [5.74, 6) is -0.196. The minimum atomic E-state index is -0.588. The van der Waals surface area contributed by atoms with Crippen LogP contribution in [0.3, 0.4) is 0 Å². The zero-order chi connectivity index (χ0) is 20.4. The monoisotopic (exact) mass is 416 g/mol. The van der Waals surface area contributed by atoms with E-state index < -0.39 is 5.82 Å². The van der Waals surface area contributed by atoms with Gasteiger partial charge in [-0.2, -0.15) is 0 Å². The highest BCUT2D eigenvalue weighted by Crippen LogP contribution is 2.52. The lowest BCUT2D eigenvalue weighted by molar-refractivity contribution is -0.126. The molecule has 0 heterocycles. The summed E-state index contributed by atoms with van der Waals surface area (Å²) in [5, 5.41) is 6.15. The quantitative estimate of drug-likeness (QED) is 0.728. The van der Waals surface area contributed by atoms with Gasteiger partial charge >= 0.3 is 0 Å². The fraction of sp³-hybridized carbons (Fsp3) is 0.364. The fourth-order valence-electron chi connectivity index (χ4n) is 4.39. The zero-order valence-electron chi connectivity index (χ0n) is 15.8. The first-order valence-electron chi connectivity index (χ1n) is 9.65. The molecule has 3 saturated carbocycles. The van der Waals surface area contributed by atoms with Gasteiger partial charge in [-0.3, -0.25) is 9.59 Å². The predicted molar refractivity (Wildman–Crippen MR) is 107 cm³/mol. The molecule has 2 amide bonds. The summed E-state index contributed by atoms with van der Waals surface area (Å²) >= 11 is 5.64. The molecular formula is C22H22ClFN2O3. The number of hydrogen-bond acceptors (Lipinski definition) is 3. The van der Waals surface area contributed by atoms with Crippen molar-refractivity contribution in [1.82, 2.24) is 10.6 Å². The van der Waals surface area contributed by atoms with Gasteiger partial charge in [-0.1, -0.05) is 41.9 Å². The summed E-state index contributed by atoms with van der Waals surface area (Å²) in [6.07, 6.45) is 2.78. The molecule has 2 aromatic rings. The van der Waals surface area contributed by atoms with Crippen LogP contribution >= 0.6 is 11.6 Å². The number of benzene rings is 2. The van der Waals surface area contributed by atoms with Crippen LogP contribution in [0.5, 0.6) is 5.75 Å². The molecule has 152 valence electrons. The Bertz CT molecular complexity index is 916. The van der Waals surface area contributed by atoms with Crippen LogP contribution in [0.2, 0.25) is 5.02 Å². The Balaban J connectivity index is 1.24. The van der Waals surface area contributed by atoms with Crippen molar-refractivity contribution in [2.24, 2.45) is 5.92 Å². The maximum atomic E-state index is 13.4. The lowest BCUT2D eigenvalue weighted by Crippen LogP contribution is -2.53. The summed E-state index contributed by atoms with van der Waals surface area (Å²) in [6.45, 7) is -0.196. The van der Waals surface area contributed by atoms with E-state index in [9.17, 15) is 14.0 Å². The van der Waals surface area contributed by atoms with Gasteiger partial charge in [0.25, 0.3) is 5.91 Å². The molecule has 5 rings (SSSR count). The molecule has 7 heteroatoms. The molecule has 0 aliphatic heterocycles. The van der Waals surface area contributed by atoms with Gasteiger partial charge in [0.05, 0.1) is 11.4 Å². The Kier molecular flexibility index (Phi) is 5.46. The summed E-state index contributed by atoms with van der Waals surface area (Å²) < 4.78 is 18.8.